The van der Waals surface area contributed by atoms with Gasteiger partial charge in [-0.15, -0.1) is 0 Å². The van der Waals surface area contributed by atoms with Crippen molar-refractivity contribution in [3.05, 3.63) is 231 Å². The summed E-state index contributed by atoms with van der Waals surface area (Å²) in [5.74, 6) is 0. The summed E-state index contributed by atoms with van der Waals surface area (Å²) in [4.78, 5) is 2.39. The molecule has 0 radical (unpaired) electrons. The fourth-order valence-electron chi connectivity index (χ4n) is 9.91. The minimum absolute atomic E-state index is 0.839. The van der Waals surface area contributed by atoms with E-state index in [9.17, 15) is 0 Å². The molecule has 0 unspecified atom stereocenters. The van der Waals surface area contributed by atoms with Crippen LogP contribution >= 0.6 is 0 Å². The van der Waals surface area contributed by atoms with Crippen LogP contribution < -0.4 is 4.90 Å². The van der Waals surface area contributed by atoms with Gasteiger partial charge in [-0.2, -0.15) is 0 Å². The summed E-state index contributed by atoms with van der Waals surface area (Å²) in [6.07, 6.45) is 0. The molecule has 0 aliphatic heterocycles. The van der Waals surface area contributed by atoms with Gasteiger partial charge in [0.25, 0.3) is 0 Å². The number of rotatable bonds is 7. The standard InChI is InChI=1S/C60H38N2O2/c1-2-15-39(16-3-1)40-29-33-43(34-30-40)62(54-26-11-6-19-47(54)49-22-14-23-50-48-20-7-12-27-56(48)63-59(49)50)55-38-37-44(60-58(55)51-21-8-13-28-57(51)64-60)41-31-35-42(36-32-41)61-52-24-9-4-17-45(52)46-18-5-10-25-53(46)61/h1-38H. The Morgan fingerprint density at radius 1 is 0.312 bits per heavy atom. The number of hydrogen-bond acceptors (Lipinski definition) is 3. The number of para-hydroxylation sites is 6. The van der Waals surface area contributed by atoms with Gasteiger partial charge in [0.2, 0.25) is 0 Å². The number of furan rings is 2. The van der Waals surface area contributed by atoms with Gasteiger partial charge < -0.3 is 18.3 Å². The number of benzene rings is 10. The molecule has 4 nitrogen and oxygen atoms in total. The second kappa shape index (κ2) is 14.5. The topological polar surface area (TPSA) is 34.5 Å². The highest BCUT2D eigenvalue weighted by Crippen LogP contribution is 2.49. The third kappa shape index (κ3) is 5.63. The molecule has 13 rings (SSSR count). The zero-order valence-corrected chi connectivity index (χ0v) is 34.7. The van der Waals surface area contributed by atoms with E-state index < -0.39 is 0 Å². The molecule has 13 aromatic rings. The average molecular weight is 819 g/mol. The predicted molar refractivity (Wildman–Crippen MR) is 266 cm³/mol. The molecule has 0 saturated carbocycles. The second-order valence-electron chi connectivity index (χ2n) is 16.4. The minimum Gasteiger partial charge on any atom is -0.455 e. The molecule has 0 amide bonds. The van der Waals surface area contributed by atoms with E-state index in [1.54, 1.807) is 0 Å². The molecule has 0 aliphatic carbocycles. The van der Waals surface area contributed by atoms with Gasteiger partial charge in [0, 0.05) is 55.0 Å². The molecule has 3 aromatic heterocycles. The van der Waals surface area contributed by atoms with Crippen LogP contribution in [0, 0.1) is 0 Å². The zero-order chi connectivity index (χ0) is 42.1. The second-order valence-corrected chi connectivity index (χ2v) is 16.4. The molecule has 0 fully saturated rings. The van der Waals surface area contributed by atoms with Crippen LogP contribution in [-0.4, -0.2) is 4.57 Å². The van der Waals surface area contributed by atoms with Crippen molar-refractivity contribution in [3.63, 3.8) is 0 Å². The summed E-state index contributed by atoms with van der Waals surface area (Å²) in [5, 5.41) is 6.80. The van der Waals surface area contributed by atoms with Crippen LogP contribution in [0.2, 0.25) is 0 Å². The van der Waals surface area contributed by atoms with Gasteiger partial charge in [-0.05, 0) is 83.4 Å². The maximum absolute atomic E-state index is 6.95. The Morgan fingerprint density at radius 2 is 0.859 bits per heavy atom. The molecule has 0 spiro atoms. The molecular weight excluding hydrogens is 781 g/mol. The highest BCUT2D eigenvalue weighted by molar-refractivity contribution is 6.18. The fourth-order valence-corrected chi connectivity index (χ4v) is 9.91. The number of fused-ring (bicyclic) bond motifs is 9. The first-order valence-electron chi connectivity index (χ1n) is 21.8. The molecule has 0 aliphatic rings. The van der Waals surface area contributed by atoms with E-state index in [2.05, 4.69) is 222 Å². The Morgan fingerprint density at radius 3 is 1.61 bits per heavy atom. The summed E-state index contributed by atoms with van der Waals surface area (Å²) in [6, 6.07) is 82.0. The van der Waals surface area contributed by atoms with Crippen molar-refractivity contribution in [1.82, 2.24) is 4.57 Å². The lowest BCUT2D eigenvalue weighted by atomic mass is 9.97. The first-order valence-corrected chi connectivity index (χ1v) is 21.8. The summed E-state index contributed by atoms with van der Waals surface area (Å²) in [6.45, 7) is 0. The van der Waals surface area contributed by atoms with Crippen molar-refractivity contribution in [3.8, 4) is 39.1 Å². The third-order valence-corrected chi connectivity index (χ3v) is 12.8. The van der Waals surface area contributed by atoms with Crippen molar-refractivity contribution in [2.75, 3.05) is 4.90 Å². The van der Waals surface area contributed by atoms with Gasteiger partial charge in [0.1, 0.15) is 22.3 Å². The number of anilines is 3. The lowest BCUT2D eigenvalue weighted by Gasteiger charge is -2.29. The SMILES string of the molecule is c1ccc(-c2ccc(N(c3ccccc3-c3cccc4c3oc3ccccc34)c3ccc(-c4ccc(-n5c6ccccc6c6ccccc65)cc4)c4oc5ccccc5c34)cc2)cc1. The summed E-state index contributed by atoms with van der Waals surface area (Å²) in [5.41, 5.74) is 16.5. The molecule has 10 aromatic carbocycles. The molecule has 0 atom stereocenters. The molecular formula is C60H38N2O2. The Bertz CT molecular complexity index is 3840. The van der Waals surface area contributed by atoms with Gasteiger partial charge in [-0.1, -0.05) is 164 Å². The molecule has 300 valence electrons. The molecule has 4 heteroatoms. The Kier molecular flexibility index (Phi) is 8.18. The zero-order valence-electron chi connectivity index (χ0n) is 34.7. The first kappa shape index (κ1) is 36.1. The van der Waals surface area contributed by atoms with Crippen LogP contribution in [0.5, 0.6) is 0 Å². The number of nitrogens with zero attached hydrogens (tertiary/aromatic N) is 2. The van der Waals surface area contributed by atoms with E-state index in [-0.39, 0.29) is 0 Å². The Balaban J connectivity index is 1.02. The largest absolute Gasteiger partial charge is 0.455 e. The van der Waals surface area contributed by atoms with E-state index in [1.165, 1.54) is 27.4 Å². The van der Waals surface area contributed by atoms with Crippen molar-refractivity contribution >= 4 is 82.7 Å². The minimum atomic E-state index is 0.839. The van der Waals surface area contributed by atoms with Crippen LogP contribution in [0.1, 0.15) is 0 Å². The Hall–Kier alpha value is -8.60. The van der Waals surface area contributed by atoms with Crippen molar-refractivity contribution in [2.45, 2.75) is 0 Å². The van der Waals surface area contributed by atoms with Crippen LogP contribution in [0.4, 0.5) is 17.1 Å². The molecule has 0 N–H and O–H groups in total. The van der Waals surface area contributed by atoms with E-state index in [0.717, 1.165) is 94.4 Å². The predicted octanol–water partition coefficient (Wildman–Crippen LogP) is 17.1. The normalized spacial score (nSPS) is 11.8. The fraction of sp³-hybridized carbons (Fsp3) is 0. The lowest BCUT2D eigenvalue weighted by Crippen LogP contribution is -2.12. The quantitative estimate of drug-likeness (QED) is 0.161. The lowest BCUT2D eigenvalue weighted by molar-refractivity contribution is 0.669. The van der Waals surface area contributed by atoms with E-state index >= 15 is 0 Å². The van der Waals surface area contributed by atoms with E-state index in [1.807, 2.05) is 18.2 Å². The summed E-state index contributed by atoms with van der Waals surface area (Å²) in [7, 11) is 0. The third-order valence-electron chi connectivity index (χ3n) is 12.8. The molecule has 0 bridgehead atoms. The molecule has 64 heavy (non-hydrogen) atoms. The molecule has 3 heterocycles. The van der Waals surface area contributed by atoms with Crippen molar-refractivity contribution in [2.24, 2.45) is 0 Å². The van der Waals surface area contributed by atoms with Crippen LogP contribution in [0.3, 0.4) is 0 Å². The highest BCUT2D eigenvalue weighted by Gasteiger charge is 2.25. The van der Waals surface area contributed by atoms with E-state index in [4.69, 9.17) is 8.83 Å². The molecule has 0 saturated heterocycles. The van der Waals surface area contributed by atoms with Gasteiger partial charge in [0.05, 0.1) is 27.8 Å². The monoisotopic (exact) mass is 818 g/mol. The van der Waals surface area contributed by atoms with Crippen molar-refractivity contribution in [1.29, 1.82) is 0 Å². The van der Waals surface area contributed by atoms with Crippen LogP contribution in [-0.2, 0) is 0 Å². The van der Waals surface area contributed by atoms with Gasteiger partial charge in [-0.25, -0.2) is 0 Å². The summed E-state index contributed by atoms with van der Waals surface area (Å²) >= 11 is 0. The van der Waals surface area contributed by atoms with Gasteiger partial charge in [0.15, 0.2) is 0 Å². The number of aromatic nitrogens is 1. The summed E-state index contributed by atoms with van der Waals surface area (Å²) < 4.78 is 16.0. The smallest absolute Gasteiger partial charge is 0.145 e. The average Bonchev–Trinajstić information content (AvgIpc) is 4.05. The van der Waals surface area contributed by atoms with Gasteiger partial charge >= 0.3 is 0 Å². The van der Waals surface area contributed by atoms with Crippen molar-refractivity contribution < 1.29 is 8.83 Å². The maximum Gasteiger partial charge on any atom is 0.145 e. The maximum atomic E-state index is 6.95. The number of hydrogen-bond donors (Lipinski definition) is 0. The van der Waals surface area contributed by atoms with Gasteiger partial charge in [-0.3, -0.25) is 0 Å². The highest BCUT2D eigenvalue weighted by atomic mass is 16.3. The van der Waals surface area contributed by atoms with Crippen LogP contribution in [0.15, 0.2) is 239 Å². The van der Waals surface area contributed by atoms with E-state index in [0.29, 0.717) is 0 Å². The first-order chi connectivity index (χ1) is 31.8. The Labute approximate surface area is 369 Å². The van der Waals surface area contributed by atoms with Crippen LogP contribution in [0.25, 0.3) is 105 Å².